The first-order valence-corrected chi connectivity index (χ1v) is 9.36. The van der Waals surface area contributed by atoms with E-state index in [1.165, 1.54) is 12.8 Å². The quantitative estimate of drug-likeness (QED) is 0.883. The highest BCUT2D eigenvalue weighted by molar-refractivity contribution is 6.42. The van der Waals surface area contributed by atoms with Crippen LogP contribution >= 0.6 is 23.2 Å². The zero-order valence-electron chi connectivity index (χ0n) is 13.8. The van der Waals surface area contributed by atoms with Crippen molar-refractivity contribution in [3.05, 3.63) is 33.8 Å². The fourth-order valence-corrected chi connectivity index (χ4v) is 4.08. The van der Waals surface area contributed by atoms with Crippen molar-refractivity contribution in [3.63, 3.8) is 0 Å². The van der Waals surface area contributed by atoms with E-state index in [-0.39, 0.29) is 17.9 Å². The Bertz CT molecular complexity index is 595. The molecule has 2 aliphatic rings. The Kier molecular flexibility index (Phi) is 5.70. The Labute approximate surface area is 153 Å². The Balaban J connectivity index is 1.62. The van der Waals surface area contributed by atoms with E-state index < -0.39 is 0 Å². The van der Waals surface area contributed by atoms with Crippen LogP contribution < -0.4 is 0 Å². The number of likely N-dealkylation sites (tertiary alicyclic amines) is 2. The molecule has 2 aliphatic heterocycles. The maximum atomic E-state index is 12.7. The maximum absolute atomic E-state index is 12.7. The van der Waals surface area contributed by atoms with Crippen molar-refractivity contribution in [2.45, 2.75) is 25.7 Å². The van der Waals surface area contributed by atoms with Gasteiger partial charge in [-0.3, -0.25) is 4.79 Å². The molecule has 2 fully saturated rings. The molecule has 2 heterocycles. The van der Waals surface area contributed by atoms with E-state index in [1.807, 2.05) is 4.90 Å². The SMILES string of the molecule is O=C(c1ccc(Cl)c(Cl)c1)N1CCC(CO)(CN2CCCC2)CC1. The number of hydrogen-bond donors (Lipinski definition) is 1. The van der Waals surface area contributed by atoms with Crippen molar-refractivity contribution in [1.82, 2.24) is 9.80 Å². The lowest BCUT2D eigenvalue weighted by molar-refractivity contribution is 0.0179. The van der Waals surface area contributed by atoms with Crippen LogP contribution in [0.2, 0.25) is 10.0 Å². The third-order valence-electron chi connectivity index (χ3n) is 5.37. The van der Waals surface area contributed by atoms with E-state index in [0.29, 0.717) is 28.7 Å². The number of halogens is 2. The Morgan fingerprint density at radius 3 is 2.33 bits per heavy atom. The van der Waals surface area contributed by atoms with Crippen LogP contribution in [0.4, 0.5) is 0 Å². The summed E-state index contributed by atoms with van der Waals surface area (Å²) in [7, 11) is 0. The van der Waals surface area contributed by atoms with Crippen LogP contribution in [0.15, 0.2) is 18.2 Å². The van der Waals surface area contributed by atoms with Gasteiger partial charge in [-0.2, -0.15) is 0 Å². The van der Waals surface area contributed by atoms with Gasteiger partial charge in [0.1, 0.15) is 0 Å². The molecule has 0 radical (unpaired) electrons. The molecule has 6 heteroatoms. The fraction of sp³-hybridized carbons (Fsp3) is 0.611. The molecule has 0 bridgehead atoms. The van der Waals surface area contributed by atoms with Crippen LogP contribution in [0, 0.1) is 5.41 Å². The van der Waals surface area contributed by atoms with Crippen LogP contribution in [0.1, 0.15) is 36.0 Å². The van der Waals surface area contributed by atoms with E-state index in [4.69, 9.17) is 23.2 Å². The fourth-order valence-electron chi connectivity index (χ4n) is 3.78. The maximum Gasteiger partial charge on any atom is 0.253 e. The normalized spacial score (nSPS) is 21.2. The van der Waals surface area contributed by atoms with Crippen molar-refractivity contribution in [3.8, 4) is 0 Å². The van der Waals surface area contributed by atoms with Gasteiger partial charge in [0, 0.05) is 30.6 Å². The van der Waals surface area contributed by atoms with Crippen LogP contribution in [0.3, 0.4) is 0 Å². The summed E-state index contributed by atoms with van der Waals surface area (Å²) in [6, 6.07) is 5.01. The monoisotopic (exact) mass is 370 g/mol. The molecule has 132 valence electrons. The number of rotatable bonds is 4. The molecule has 1 aromatic rings. The van der Waals surface area contributed by atoms with Crippen molar-refractivity contribution in [1.29, 1.82) is 0 Å². The molecular formula is C18H24Cl2N2O2. The molecule has 24 heavy (non-hydrogen) atoms. The van der Waals surface area contributed by atoms with Gasteiger partial charge in [0.05, 0.1) is 16.7 Å². The van der Waals surface area contributed by atoms with E-state index in [2.05, 4.69) is 4.90 Å². The molecule has 1 aromatic carbocycles. The molecular weight excluding hydrogens is 347 g/mol. The molecule has 2 saturated heterocycles. The largest absolute Gasteiger partial charge is 0.396 e. The number of piperidine rings is 1. The summed E-state index contributed by atoms with van der Waals surface area (Å²) < 4.78 is 0. The summed E-state index contributed by atoms with van der Waals surface area (Å²) in [4.78, 5) is 17.0. The first-order valence-electron chi connectivity index (χ1n) is 8.61. The topological polar surface area (TPSA) is 43.8 Å². The standard InChI is InChI=1S/C18H24Cl2N2O2/c19-15-4-3-14(11-16(15)20)17(24)22-9-5-18(13-23,6-10-22)12-21-7-1-2-8-21/h3-4,11,23H,1-2,5-10,12-13H2. The highest BCUT2D eigenvalue weighted by Gasteiger charge is 2.37. The van der Waals surface area contributed by atoms with Crippen molar-refractivity contribution in [2.24, 2.45) is 5.41 Å². The number of amides is 1. The second kappa shape index (κ2) is 7.61. The van der Waals surface area contributed by atoms with Gasteiger partial charge in [0.2, 0.25) is 0 Å². The number of benzene rings is 1. The highest BCUT2D eigenvalue weighted by Crippen LogP contribution is 2.34. The average Bonchev–Trinajstić information content (AvgIpc) is 3.10. The number of carbonyl (C=O) groups is 1. The minimum atomic E-state index is -0.0707. The van der Waals surface area contributed by atoms with E-state index in [9.17, 15) is 9.90 Å². The molecule has 0 aromatic heterocycles. The number of nitrogens with zero attached hydrogens (tertiary/aromatic N) is 2. The van der Waals surface area contributed by atoms with Gasteiger partial charge >= 0.3 is 0 Å². The minimum absolute atomic E-state index is 0.0127. The lowest BCUT2D eigenvalue weighted by Gasteiger charge is -2.42. The van der Waals surface area contributed by atoms with Gasteiger partial charge in [0.15, 0.2) is 0 Å². The van der Waals surface area contributed by atoms with Gasteiger partial charge in [-0.05, 0) is 57.0 Å². The van der Waals surface area contributed by atoms with Gasteiger partial charge < -0.3 is 14.9 Å². The van der Waals surface area contributed by atoms with E-state index in [1.54, 1.807) is 18.2 Å². The Morgan fingerprint density at radius 1 is 1.08 bits per heavy atom. The minimum Gasteiger partial charge on any atom is -0.396 e. The predicted molar refractivity (Wildman–Crippen MR) is 96.8 cm³/mol. The molecule has 0 saturated carbocycles. The van der Waals surface area contributed by atoms with Crippen LogP contribution in [-0.4, -0.2) is 60.1 Å². The summed E-state index contributed by atoms with van der Waals surface area (Å²) in [5.41, 5.74) is 0.499. The second-order valence-electron chi connectivity index (χ2n) is 7.06. The summed E-state index contributed by atoms with van der Waals surface area (Å²) in [5, 5.41) is 10.8. The molecule has 4 nitrogen and oxygen atoms in total. The highest BCUT2D eigenvalue weighted by atomic mass is 35.5. The summed E-state index contributed by atoms with van der Waals surface area (Å²) in [5.74, 6) is -0.0127. The Hall–Kier alpha value is -0.810. The molecule has 0 spiro atoms. The van der Waals surface area contributed by atoms with E-state index >= 15 is 0 Å². The second-order valence-corrected chi connectivity index (χ2v) is 7.88. The van der Waals surface area contributed by atoms with Gasteiger partial charge in [0.25, 0.3) is 5.91 Å². The summed E-state index contributed by atoms with van der Waals surface area (Å²) in [6.07, 6.45) is 4.19. The third kappa shape index (κ3) is 3.88. The first-order chi connectivity index (χ1) is 11.5. The van der Waals surface area contributed by atoms with Crippen LogP contribution in [0.5, 0.6) is 0 Å². The van der Waals surface area contributed by atoms with Crippen molar-refractivity contribution >= 4 is 29.1 Å². The first kappa shape index (κ1) is 18.0. The average molecular weight is 371 g/mol. The van der Waals surface area contributed by atoms with Gasteiger partial charge in [-0.15, -0.1) is 0 Å². The smallest absolute Gasteiger partial charge is 0.253 e. The third-order valence-corrected chi connectivity index (χ3v) is 6.11. The number of carbonyl (C=O) groups excluding carboxylic acids is 1. The molecule has 0 unspecified atom stereocenters. The van der Waals surface area contributed by atoms with Crippen molar-refractivity contribution in [2.75, 3.05) is 39.3 Å². The molecule has 1 N–H and O–H groups in total. The van der Waals surface area contributed by atoms with E-state index in [0.717, 1.165) is 32.5 Å². The lowest BCUT2D eigenvalue weighted by atomic mass is 9.78. The summed E-state index contributed by atoms with van der Waals surface area (Å²) >= 11 is 11.9. The van der Waals surface area contributed by atoms with Crippen LogP contribution in [0.25, 0.3) is 0 Å². The molecule has 1 amide bonds. The Morgan fingerprint density at radius 2 is 1.75 bits per heavy atom. The molecule has 0 aliphatic carbocycles. The van der Waals surface area contributed by atoms with Crippen LogP contribution in [-0.2, 0) is 0 Å². The van der Waals surface area contributed by atoms with Gasteiger partial charge in [-0.1, -0.05) is 23.2 Å². The molecule has 3 rings (SSSR count). The van der Waals surface area contributed by atoms with Gasteiger partial charge in [-0.25, -0.2) is 0 Å². The number of aliphatic hydroxyl groups excluding tert-OH is 1. The molecule has 0 atom stereocenters. The predicted octanol–water partition coefficient (Wildman–Crippen LogP) is 3.30. The zero-order valence-corrected chi connectivity index (χ0v) is 15.3. The number of hydrogen-bond acceptors (Lipinski definition) is 3. The lowest BCUT2D eigenvalue weighted by Crippen LogP contribution is -2.49. The summed E-state index contributed by atoms with van der Waals surface area (Å²) in [6.45, 7) is 4.75. The number of aliphatic hydroxyl groups is 1. The van der Waals surface area contributed by atoms with Crippen molar-refractivity contribution < 1.29 is 9.90 Å². The zero-order chi connectivity index (χ0) is 17.2.